The third-order valence-electron chi connectivity index (χ3n) is 5.43. The molecule has 1 heterocycles. The van der Waals surface area contributed by atoms with Gasteiger partial charge in [-0.2, -0.15) is 13.2 Å². The van der Waals surface area contributed by atoms with Gasteiger partial charge in [-0.1, -0.05) is 19.1 Å². The van der Waals surface area contributed by atoms with Crippen LogP contribution in [-0.2, 0) is 22.3 Å². The van der Waals surface area contributed by atoms with E-state index in [4.69, 9.17) is 4.74 Å². The lowest BCUT2D eigenvalue weighted by Gasteiger charge is -2.20. The number of rotatable bonds is 10. The van der Waals surface area contributed by atoms with E-state index >= 15 is 0 Å². The molecule has 0 radical (unpaired) electrons. The third kappa shape index (κ3) is 6.27. The molecule has 0 saturated heterocycles. The Kier molecular flexibility index (Phi) is 8.15. The number of nitrogens with zero attached hydrogens (tertiary/aromatic N) is 2. The van der Waals surface area contributed by atoms with Crippen molar-refractivity contribution in [2.75, 3.05) is 18.5 Å². The first kappa shape index (κ1) is 27.3. The fraction of sp³-hybridized carbons (Fsp3) is 0.400. The highest BCUT2D eigenvalue weighted by atomic mass is 19.4. The molecule has 194 valence electrons. The summed E-state index contributed by atoms with van der Waals surface area (Å²) in [5, 5.41) is 11.9. The van der Waals surface area contributed by atoms with Crippen LogP contribution in [0.5, 0.6) is 0 Å². The number of ether oxygens (including phenoxy) is 1. The number of Topliss-reactive ketones (excluding diaryl/α,β-unsaturated/α-hetero) is 1. The number of carbonyl (C=O) groups excluding carboxylic acids is 2. The molecule has 2 unspecified atom stereocenters. The minimum atomic E-state index is -4.63. The fourth-order valence-electron chi connectivity index (χ4n) is 3.64. The molecule has 1 aromatic heterocycles. The van der Waals surface area contributed by atoms with Crippen LogP contribution in [0.3, 0.4) is 0 Å². The van der Waals surface area contributed by atoms with Crippen molar-refractivity contribution in [1.82, 2.24) is 9.55 Å². The molecule has 2 atom stereocenters. The molecule has 2 N–H and O–H groups in total. The van der Waals surface area contributed by atoms with E-state index < -0.39 is 42.6 Å². The summed E-state index contributed by atoms with van der Waals surface area (Å²) in [6.45, 7) is 3.58. The van der Waals surface area contributed by atoms with Gasteiger partial charge in [0, 0.05) is 12.2 Å². The molecule has 0 fully saturated rings. The molecule has 0 aliphatic heterocycles. The van der Waals surface area contributed by atoms with Gasteiger partial charge in [-0.15, -0.1) is 0 Å². The normalized spacial score (nSPS) is 14.4. The number of aromatic nitrogens is 2. The van der Waals surface area contributed by atoms with Crippen molar-refractivity contribution in [3.63, 3.8) is 0 Å². The predicted molar refractivity (Wildman–Crippen MR) is 125 cm³/mol. The average molecular weight is 510 g/mol. The maximum absolute atomic E-state index is 14.8. The summed E-state index contributed by atoms with van der Waals surface area (Å²) in [4.78, 5) is 29.3. The molecule has 0 bridgehead atoms. The van der Waals surface area contributed by atoms with E-state index in [2.05, 4.69) is 10.3 Å². The van der Waals surface area contributed by atoms with Gasteiger partial charge in [-0.25, -0.2) is 9.37 Å². The average Bonchev–Trinajstić information content (AvgIpc) is 3.14. The van der Waals surface area contributed by atoms with E-state index in [1.54, 1.807) is 18.2 Å². The number of amides is 1. The van der Waals surface area contributed by atoms with Crippen LogP contribution in [-0.4, -0.2) is 45.2 Å². The topological polar surface area (TPSA) is 93.5 Å². The Morgan fingerprint density at radius 1 is 1.17 bits per heavy atom. The Morgan fingerprint density at radius 3 is 2.50 bits per heavy atom. The van der Waals surface area contributed by atoms with Crippen LogP contribution in [0.1, 0.15) is 54.8 Å². The highest BCUT2D eigenvalue weighted by Gasteiger charge is 2.31. The number of fused-ring (bicyclic) bond motifs is 1. The van der Waals surface area contributed by atoms with Crippen LogP contribution in [0.15, 0.2) is 42.5 Å². The molecule has 3 rings (SSSR count). The van der Waals surface area contributed by atoms with Crippen LogP contribution in [0.4, 0.5) is 23.5 Å². The smallest absolute Gasteiger partial charge is 0.393 e. The van der Waals surface area contributed by atoms with Gasteiger partial charge in [0.1, 0.15) is 11.8 Å². The lowest BCUT2D eigenvalue weighted by Crippen LogP contribution is -2.30. The molecular formula is C25H27F4N3O4. The molecular weight excluding hydrogens is 482 g/mol. The minimum absolute atomic E-state index is 0.129. The molecule has 2 aromatic carbocycles. The highest BCUT2D eigenvalue weighted by Crippen LogP contribution is 2.31. The van der Waals surface area contributed by atoms with Crippen molar-refractivity contribution in [3.05, 3.63) is 59.2 Å². The molecule has 0 spiro atoms. The van der Waals surface area contributed by atoms with Gasteiger partial charge in [0.15, 0.2) is 5.78 Å². The van der Waals surface area contributed by atoms with Crippen LogP contribution in [0.2, 0.25) is 0 Å². The Balaban J connectivity index is 2.04. The van der Waals surface area contributed by atoms with Gasteiger partial charge < -0.3 is 14.4 Å². The Hall–Kier alpha value is -3.31. The zero-order chi connectivity index (χ0) is 26.7. The maximum atomic E-state index is 14.8. The highest BCUT2D eigenvalue weighted by molar-refractivity contribution is 6.04. The van der Waals surface area contributed by atoms with Crippen molar-refractivity contribution in [2.45, 2.75) is 51.7 Å². The van der Waals surface area contributed by atoms with E-state index in [0.717, 1.165) is 19.1 Å². The van der Waals surface area contributed by atoms with Crippen molar-refractivity contribution < 1.29 is 37.0 Å². The second-order valence-corrected chi connectivity index (χ2v) is 8.74. The van der Waals surface area contributed by atoms with E-state index in [1.165, 1.54) is 17.6 Å². The number of hydrogen-bond acceptors (Lipinski definition) is 5. The number of hydrogen-bond donors (Lipinski definition) is 2. The summed E-state index contributed by atoms with van der Waals surface area (Å²) >= 11 is 0. The van der Waals surface area contributed by atoms with Crippen LogP contribution >= 0.6 is 0 Å². The second-order valence-electron chi connectivity index (χ2n) is 8.74. The number of halogens is 4. The first-order chi connectivity index (χ1) is 16.9. The van der Waals surface area contributed by atoms with E-state index in [0.29, 0.717) is 35.7 Å². The summed E-state index contributed by atoms with van der Waals surface area (Å²) in [6, 6.07) is 8.64. The summed E-state index contributed by atoms with van der Waals surface area (Å²) < 4.78 is 61.0. The zero-order valence-electron chi connectivity index (χ0n) is 20.0. The van der Waals surface area contributed by atoms with Gasteiger partial charge in [0.2, 0.25) is 5.95 Å². The Bertz CT molecular complexity index is 1250. The van der Waals surface area contributed by atoms with Crippen LogP contribution in [0.25, 0.3) is 11.0 Å². The number of imidazole rings is 1. The van der Waals surface area contributed by atoms with Gasteiger partial charge >= 0.3 is 6.18 Å². The van der Waals surface area contributed by atoms with Gasteiger partial charge in [-0.05, 0) is 56.2 Å². The number of ketones is 1. The second kappa shape index (κ2) is 10.8. The first-order valence-electron chi connectivity index (χ1n) is 11.3. The van der Waals surface area contributed by atoms with E-state index in [-0.39, 0.29) is 17.3 Å². The monoisotopic (exact) mass is 509 g/mol. The molecule has 11 heteroatoms. The lowest BCUT2D eigenvalue weighted by atomic mass is 10.1. The molecule has 7 nitrogen and oxygen atoms in total. The van der Waals surface area contributed by atoms with Crippen LogP contribution < -0.4 is 5.32 Å². The predicted octanol–water partition coefficient (Wildman–Crippen LogP) is 5.08. The van der Waals surface area contributed by atoms with Gasteiger partial charge in [0.05, 0.1) is 29.7 Å². The molecule has 3 aromatic rings. The fourth-order valence-corrected chi connectivity index (χ4v) is 3.64. The van der Waals surface area contributed by atoms with Crippen LogP contribution in [0, 0.1) is 0 Å². The molecule has 0 aliphatic rings. The Morgan fingerprint density at radius 2 is 1.89 bits per heavy atom. The number of alkyl halides is 4. The molecule has 36 heavy (non-hydrogen) atoms. The number of aliphatic hydroxyl groups is 1. The molecule has 0 saturated carbocycles. The quantitative estimate of drug-likeness (QED) is 0.372. The van der Waals surface area contributed by atoms with Crippen molar-refractivity contribution in [1.29, 1.82) is 0 Å². The number of anilines is 1. The Labute approximate surface area is 205 Å². The largest absolute Gasteiger partial charge is 0.416 e. The third-order valence-corrected chi connectivity index (χ3v) is 5.43. The number of carbonyl (C=O) groups is 2. The van der Waals surface area contributed by atoms with E-state index in [9.17, 15) is 32.3 Å². The summed E-state index contributed by atoms with van der Waals surface area (Å²) in [5.41, 5.74) is -2.16. The van der Waals surface area contributed by atoms with Crippen molar-refractivity contribution >= 4 is 28.7 Å². The summed E-state index contributed by atoms with van der Waals surface area (Å²) in [7, 11) is 0. The minimum Gasteiger partial charge on any atom is -0.393 e. The first-order valence-corrected chi connectivity index (χ1v) is 11.3. The van der Waals surface area contributed by atoms with Gasteiger partial charge in [0.25, 0.3) is 5.91 Å². The van der Waals surface area contributed by atoms with Crippen molar-refractivity contribution in [2.24, 2.45) is 0 Å². The summed E-state index contributed by atoms with van der Waals surface area (Å²) in [6.07, 6.45) is -4.78. The standard InChI is InChI=1S/C25H27F4N3O4/c1-4-10-36-21(15(2)34)16-8-9-20-19(12-16)30-23(32(20)13-24(3,26)14-33)31-22(35)17-6-5-7-18(11-17)25(27,28)29/h5-9,11-12,21,33H,4,10,13-14H2,1-3H3,(H,30,31,35). The van der Waals surface area contributed by atoms with E-state index in [1.807, 2.05) is 6.92 Å². The van der Waals surface area contributed by atoms with Crippen molar-refractivity contribution in [3.8, 4) is 0 Å². The number of benzene rings is 2. The number of nitrogens with one attached hydrogen (secondary N) is 1. The maximum Gasteiger partial charge on any atom is 0.416 e. The van der Waals surface area contributed by atoms with Gasteiger partial charge in [-0.3, -0.25) is 14.9 Å². The SMILES string of the molecule is CCCOC(C(C)=O)c1ccc2c(c1)nc(NC(=O)c1cccc(C(F)(F)F)c1)n2CC(C)(F)CO. The zero-order valence-corrected chi connectivity index (χ0v) is 20.0. The molecule has 0 aliphatic carbocycles. The lowest BCUT2D eigenvalue weighted by molar-refractivity contribution is -0.137. The summed E-state index contributed by atoms with van der Waals surface area (Å²) in [5.74, 6) is -1.23. The number of aliphatic hydroxyl groups excluding tert-OH is 1. The molecule has 1 amide bonds.